The summed E-state index contributed by atoms with van der Waals surface area (Å²) in [6.07, 6.45) is 2.47. The fraction of sp³-hybridized carbons (Fsp3) is 0.579. The second-order valence-corrected chi connectivity index (χ2v) is 8.74. The van der Waals surface area contributed by atoms with Gasteiger partial charge in [0.05, 0.1) is 4.90 Å². The van der Waals surface area contributed by atoms with Crippen molar-refractivity contribution in [2.75, 3.05) is 26.2 Å². The first-order chi connectivity index (χ1) is 12.8. The summed E-state index contributed by atoms with van der Waals surface area (Å²) in [5.41, 5.74) is 0.451. The number of rotatable bonds is 8. The van der Waals surface area contributed by atoms with E-state index in [-0.39, 0.29) is 23.1 Å². The largest absolute Gasteiger partial charge is 0.481 e. The zero-order valence-electron chi connectivity index (χ0n) is 15.9. The van der Waals surface area contributed by atoms with Crippen LogP contribution in [0.15, 0.2) is 29.2 Å². The zero-order chi connectivity index (χ0) is 20.0. The highest BCUT2D eigenvalue weighted by Gasteiger charge is 2.26. The second-order valence-electron chi connectivity index (χ2n) is 6.81. The van der Waals surface area contributed by atoms with Gasteiger partial charge < -0.3 is 10.0 Å². The topological polar surface area (TPSA) is 95.0 Å². The third-order valence-electron chi connectivity index (χ3n) is 5.02. The number of hydrogen-bond donors (Lipinski definition) is 1. The smallest absolute Gasteiger partial charge is 0.303 e. The lowest BCUT2D eigenvalue weighted by Crippen LogP contribution is -2.40. The quantitative estimate of drug-likeness (QED) is 0.728. The molecule has 1 aliphatic rings. The minimum absolute atomic E-state index is 0.116. The predicted octanol–water partition coefficient (Wildman–Crippen LogP) is 2.43. The Hall–Kier alpha value is -1.93. The SMILES string of the molecule is CCN(CC)S(=O)(=O)c1ccc(C(=O)N2CCCC(CCC(=O)O)C2)cc1. The molecule has 0 spiro atoms. The van der Waals surface area contributed by atoms with Gasteiger partial charge in [0.15, 0.2) is 0 Å². The molecule has 1 saturated heterocycles. The summed E-state index contributed by atoms with van der Waals surface area (Å²) in [5, 5.41) is 8.83. The van der Waals surface area contributed by atoms with Crippen molar-refractivity contribution in [1.82, 2.24) is 9.21 Å². The number of aliphatic carboxylic acids is 1. The van der Waals surface area contributed by atoms with E-state index in [1.165, 1.54) is 16.4 Å². The van der Waals surface area contributed by atoms with Gasteiger partial charge in [0.2, 0.25) is 10.0 Å². The minimum atomic E-state index is -3.54. The zero-order valence-corrected chi connectivity index (χ0v) is 16.7. The molecule has 0 bridgehead atoms. The summed E-state index contributed by atoms with van der Waals surface area (Å²) in [4.78, 5) is 25.4. The van der Waals surface area contributed by atoms with Crippen molar-refractivity contribution < 1.29 is 23.1 Å². The van der Waals surface area contributed by atoms with Crippen LogP contribution in [0.3, 0.4) is 0 Å². The number of carboxylic acid groups (broad SMARTS) is 1. The molecule has 0 aromatic heterocycles. The van der Waals surface area contributed by atoms with Crippen molar-refractivity contribution in [3.05, 3.63) is 29.8 Å². The first-order valence-corrected chi connectivity index (χ1v) is 10.8. The molecule has 27 heavy (non-hydrogen) atoms. The van der Waals surface area contributed by atoms with Crippen LogP contribution in [-0.4, -0.2) is 60.8 Å². The van der Waals surface area contributed by atoms with Gasteiger partial charge in [-0.2, -0.15) is 4.31 Å². The normalized spacial score (nSPS) is 17.9. The van der Waals surface area contributed by atoms with Crippen LogP contribution in [0.2, 0.25) is 0 Å². The first kappa shape index (κ1) is 21.4. The molecule has 150 valence electrons. The summed E-state index contributed by atoms with van der Waals surface area (Å²) in [7, 11) is -3.54. The van der Waals surface area contributed by atoms with Gasteiger partial charge in [0, 0.05) is 38.2 Å². The lowest BCUT2D eigenvalue weighted by molar-refractivity contribution is -0.137. The van der Waals surface area contributed by atoms with Crippen LogP contribution in [0.5, 0.6) is 0 Å². The number of hydrogen-bond acceptors (Lipinski definition) is 4. The van der Waals surface area contributed by atoms with Crippen LogP contribution in [0.1, 0.15) is 49.9 Å². The highest BCUT2D eigenvalue weighted by molar-refractivity contribution is 7.89. The van der Waals surface area contributed by atoms with Crippen LogP contribution in [0.25, 0.3) is 0 Å². The molecular formula is C19H28N2O5S. The van der Waals surface area contributed by atoms with Crippen molar-refractivity contribution in [3.63, 3.8) is 0 Å². The molecule has 1 unspecified atom stereocenters. The number of sulfonamides is 1. The Morgan fingerprint density at radius 2 is 1.81 bits per heavy atom. The Bertz CT molecular complexity index is 757. The molecule has 1 heterocycles. The summed E-state index contributed by atoms with van der Waals surface area (Å²) >= 11 is 0. The third kappa shape index (κ3) is 5.29. The molecule has 1 aromatic rings. The Morgan fingerprint density at radius 1 is 1.19 bits per heavy atom. The number of amides is 1. The van der Waals surface area contributed by atoms with E-state index in [0.717, 1.165) is 12.8 Å². The van der Waals surface area contributed by atoms with E-state index in [9.17, 15) is 18.0 Å². The van der Waals surface area contributed by atoms with Gasteiger partial charge in [-0.1, -0.05) is 13.8 Å². The van der Waals surface area contributed by atoms with E-state index in [1.54, 1.807) is 30.9 Å². The molecule has 1 aliphatic heterocycles. The summed E-state index contributed by atoms with van der Waals surface area (Å²) < 4.78 is 26.4. The molecule has 8 heteroatoms. The number of likely N-dealkylation sites (tertiary alicyclic amines) is 1. The second kappa shape index (κ2) is 9.32. The summed E-state index contributed by atoms with van der Waals surface area (Å²) in [6, 6.07) is 6.07. The van der Waals surface area contributed by atoms with E-state index >= 15 is 0 Å². The van der Waals surface area contributed by atoms with Crippen LogP contribution in [0.4, 0.5) is 0 Å². The van der Waals surface area contributed by atoms with Gasteiger partial charge in [0.1, 0.15) is 0 Å². The molecule has 0 aliphatic carbocycles. The van der Waals surface area contributed by atoms with E-state index < -0.39 is 16.0 Å². The molecular weight excluding hydrogens is 368 g/mol. The Balaban J connectivity index is 2.08. The average molecular weight is 397 g/mol. The number of carbonyl (C=O) groups is 2. The monoisotopic (exact) mass is 396 g/mol. The molecule has 1 amide bonds. The minimum Gasteiger partial charge on any atom is -0.481 e. The molecule has 1 atom stereocenters. The number of benzene rings is 1. The molecule has 1 aromatic carbocycles. The van der Waals surface area contributed by atoms with Crippen molar-refractivity contribution in [1.29, 1.82) is 0 Å². The van der Waals surface area contributed by atoms with Crippen LogP contribution < -0.4 is 0 Å². The highest BCUT2D eigenvalue weighted by atomic mass is 32.2. The maximum atomic E-state index is 12.7. The highest BCUT2D eigenvalue weighted by Crippen LogP contribution is 2.23. The molecule has 0 saturated carbocycles. The van der Waals surface area contributed by atoms with Crippen LogP contribution >= 0.6 is 0 Å². The van der Waals surface area contributed by atoms with Crippen molar-refractivity contribution in [3.8, 4) is 0 Å². The molecule has 0 radical (unpaired) electrons. The van der Waals surface area contributed by atoms with Crippen LogP contribution in [0, 0.1) is 5.92 Å². The van der Waals surface area contributed by atoms with Gasteiger partial charge in [-0.25, -0.2) is 8.42 Å². The summed E-state index contributed by atoms with van der Waals surface area (Å²) in [6.45, 7) is 5.55. The maximum absolute atomic E-state index is 12.7. The Labute approximate surface area is 161 Å². The van der Waals surface area contributed by atoms with Gasteiger partial charge in [-0.05, 0) is 49.4 Å². The molecule has 1 N–H and O–H groups in total. The van der Waals surface area contributed by atoms with Gasteiger partial charge in [-0.15, -0.1) is 0 Å². The first-order valence-electron chi connectivity index (χ1n) is 9.40. The van der Waals surface area contributed by atoms with Gasteiger partial charge in [-0.3, -0.25) is 9.59 Å². The maximum Gasteiger partial charge on any atom is 0.303 e. The molecule has 1 fully saturated rings. The number of piperidine rings is 1. The van der Waals surface area contributed by atoms with Crippen molar-refractivity contribution in [2.24, 2.45) is 5.92 Å². The molecule has 2 rings (SSSR count). The van der Waals surface area contributed by atoms with Crippen LogP contribution in [-0.2, 0) is 14.8 Å². The molecule has 7 nitrogen and oxygen atoms in total. The van der Waals surface area contributed by atoms with Gasteiger partial charge >= 0.3 is 5.97 Å². The Morgan fingerprint density at radius 3 is 2.37 bits per heavy atom. The number of carboxylic acids is 1. The van der Waals surface area contributed by atoms with E-state index in [0.29, 0.717) is 38.2 Å². The summed E-state index contributed by atoms with van der Waals surface area (Å²) in [5.74, 6) is -0.758. The average Bonchev–Trinajstić information content (AvgIpc) is 2.67. The predicted molar refractivity (Wildman–Crippen MR) is 102 cm³/mol. The van der Waals surface area contributed by atoms with Gasteiger partial charge in [0.25, 0.3) is 5.91 Å². The van der Waals surface area contributed by atoms with E-state index in [1.807, 2.05) is 0 Å². The third-order valence-corrected chi connectivity index (χ3v) is 7.08. The van der Waals surface area contributed by atoms with E-state index in [4.69, 9.17) is 5.11 Å². The standard InChI is InChI=1S/C19H28N2O5S/c1-3-21(4-2)27(25,26)17-10-8-16(9-11-17)19(24)20-13-5-6-15(14-20)7-12-18(22)23/h8-11,15H,3-7,12-14H2,1-2H3,(H,22,23). The Kier molecular flexibility index (Phi) is 7.38. The fourth-order valence-electron chi connectivity index (χ4n) is 3.48. The lowest BCUT2D eigenvalue weighted by Gasteiger charge is -2.32. The van der Waals surface area contributed by atoms with Crippen molar-refractivity contribution >= 4 is 21.9 Å². The number of nitrogens with zero attached hydrogens (tertiary/aromatic N) is 2. The fourth-order valence-corrected chi connectivity index (χ4v) is 4.94. The van der Waals surface area contributed by atoms with Crippen molar-refractivity contribution in [2.45, 2.75) is 44.4 Å². The number of carbonyl (C=O) groups excluding carboxylic acids is 1. The van der Waals surface area contributed by atoms with E-state index in [2.05, 4.69) is 0 Å². The lowest BCUT2D eigenvalue weighted by atomic mass is 9.93.